The maximum absolute atomic E-state index is 13.4. The number of ketones is 1. The van der Waals surface area contributed by atoms with Crippen molar-refractivity contribution in [3.8, 4) is 0 Å². The maximum atomic E-state index is 13.4. The van der Waals surface area contributed by atoms with Gasteiger partial charge in [-0.1, -0.05) is 100 Å². The lowest BCUT2D eigenvalue weighted by atomic mass is 9.84. The van der Waals surface area contributed by atoms with Crippen LogP contribution in [0.25, 0.3) is 0 Å². The molecule has 45 heavy (non-hydrogen) atoms. The molecule has 252 valence electrons. The second kappa shape index (κ2) is 20.2. The molecule has 0 aromatic heterocycles. The third-order valence-electron chi connectivity index (χ3n) is 8.32. The highest BCUT2D eigenvalue weighted by molar-refractivity contribution is 5.92. The third-order valence-corrected chi connectivity index (χ3v) is 8.32. The number of esters is 1. The monoisotopic (exact) mass is 628 g/mol. The van der Waals surface area contributed by atoms with Gasteiger partial charge in [0.1, 0.15) is 12.2 Å². The van der Waals surface area contributed by atoms with E-state index in [1.165, 1.54) is 20.3 Å². The van der Waals surface area contributed by atoms with Crippen LogP contribution < -0.4 is 0 Å². The number of hydrogen-bond donors (Lipinski definition) is 3. The molecule has 10 atom stereocenters. The molecule has 0 saturated heterocycles. The van der Waals surface area contributed by atoms with E-state index >= 15 is 0 Å². The highest BCUT2D eigenvalue weighted by Gasteiger charge is 2.38. The molecule has 0 saturated carbocycles. The van der Waals surface area contributed by atoms with Crippen LogP contribution >= 0.6 is 0 Å². The molecule has 1 heterocycles. The number of aliphatic hydroxyl groups excluding tert-OH is 3. The van der Waals surface area contributed by atoms with Crippen molar-refractivity contribution in [2.75, 3.05) is 14.2 Å². The molecule has 3 N–H and O–H groups in total. The van der Waals surface area contributed by atoms with Crippen LogP contribution in [0.4, 0.5) is 0 Å². The molecular formula is C37H56O8. The lowest BCUT2D eigenvalue weighted by Crippen LogP contribution is -2.45. The number of aliphatic hydroxyl groups is 3. The normalized spacial score (nSPS) is 27.8. The molecule has 1 aliphatic rings. The number of carbonyl (C=O) groups excluding carboxylic acids is 2. The molecule has 0 fully saturated rings. The van der Waals surface area contributed by atoms with Gasteiger partial charge in [-0.25, -0.2) is 4.79 Å². The van der Waals surface area contributed by atoms with Crippen molar-refractivity contribution in [1.29, 1.82) is 0 Å². The van der Waals surface area contributed by atoms with Crippen LogP contribution in [0, 0.1) is 29.6 Å². The topological polar surface area (TPSA) is 123 Å². The summed E-state index contributed by atoms with van der Waals surface area (Å²) in [6.07, 6.45) is 15.4. The molecule has 0 aromatic rings. The number of allylic oxidation sites excluding steroid dienone is 9. The number of methoxy groups -OCH3 is 2. The summed E-state index contributed by atoms with van der Waals surface area (Å²) in [5.41, 5.74) is 1.77. The van der Waals surface area contributed by atoms with Crippen LogP contribution in [0.2, 0.25) is 0 Å². The lowest BCUT2D eigenvalue weighted by molar-refractivity contribution is -0.162. The van der Waals surface area contributed by atoms with E-state index in [0.29, 0.717) is 6.42 Å². The van der Waals surface area contributed by atoms with Gasteiger partial charge in [0, 0.05) is 30.8 Å². The van der Waals surface area contributed by atoms with E-state index in [4.69, 9.17) is 14.2 Å². The van der Waals surface area contributed by atoms with Crippen LogP contribution in [-0.2, 0) is 23.8 Å². The molecule has 0 amide bonds. The van der Waals surface area contributed by atoms with E-state index in [2.05, 4.69) is 0 Å². The van der Waals surface area contributed by atoms with Crippen molar-refractivity contribution < 1.29 is 39.1 Å². The minimum absolute atomic E-state index is 0.00686. The first-order chi connectivity index (χ1) is 21.2. The average Bonchev–Trinajstić information content (AvgIpc) is 3.01. The predicted molar refractivity (Wildman–Crippen MR) is 179 cm³/mol. The van der Waals surface area contributed by atoms with Crippen molar-refractivity contribution in [3.63, 3.8) is 0 Å². The Balaban J connectivity index is 3.41. The Kier molecular flexibility index (Phi) is 17.9. The molecule has 0 spiro atoms. The third kappa shape index (κ3) is 13.1. The first-order valence-electron chi connectivity index (χ1n) is 15.8. The first kappa shape index (κ1) is 40.0. The van der Waals surface area contributed by atoms with Gasteiger partial charge in [0.25, 0.3) is 0 Å². The molecule has 10 unspecified atom stereocenters. The fourth-order valence-corrected chi connectivity index (χ4v) is 5.29. The zero-order chi connectivity index (χ0) is 34.3. The smallest absolute Gasteiger partial charge is 0.373 e. The van der Waals surface area contributed by atoms with Crippen molar-refractivity contribution >= 4 is 11.8 Å². The van der Waals surface area contributed by atoms with Crippen LogP contribution in [0.3, 0.4) is 0 Å². The molecule has 1 aliphatic heterocycles. The predicted octanol–water partition coefficient (Wildman–Crippen LogP) is 5.82. The van der Waals surface area contributed by atoms with Crippen molar-refractivity contribution in [2.24, 2.45) is 29.6 Å². The minimum Gasteiger partial charge on any atom is -0.490 e. The summed E-state index contributed by atoms with van der Waals surface area (Å²) in [6.45, 7) is 14.7. The summed E-state index contributed by atoms with van der Waals surface area (Å²) in [5.74, 6) is -3.18. The van der Waals surface area contributed by atoms with Crippen molar-refractivity contribution in [3.05, 3.63) is 83.7 Å². The standard InChI is InChI=1S/C37H56O8/c1-11-12-13-16-30(38)25(4)18-19-31(39)28(7)35(41)29(8)36-32(43-9)17-14-15-23(2)20-26(5)34(40)27(6)21-24(3)22-33(44-10)37(42)45-36/h11-19,21-22,25-30,32,34-36,38,40-41H,20H2,1-10H3. The Hall–Kier alpha value is -3.04. The zero-order valence-electron chi connectivity index (χ0n) is 28.7. The van der Waals surface area contributed by atoms with Gasteiger partial charge in [0.05, 0.1) is 25.4 Å². The minimum atomic E-state index is -1.19. The van der Waals surface area contributed by atoms with E-state index in [9.17, 15) is 24.9 Å². The average molecular weight is 629 g/mol. The first-order valence-corrected chi connectivity index (χ1v) is 15.8. The quantitative estimate of drug-likeness (QED) is 0.149. The molecular weight excluding hydrogens is 572 g/mol. The Morgan fingerprint density at radius 3 is 2.36 bits per heavy atom. The summed E-state index contributed by atoms with van der Waals surface area (Å²) in [7, 11) is 2.85. The highest BCUT2D eigenvalue weighted by atomic mass is 16.6. The van der Waals surface area contributed by atoms with Crippen molar-refractivity contribution in [1.82, 2.24) is 0 Å². The Morgan fingerprint density at radius 2 is 1.76 bits per heavy atom. The Morgan fingerprint density at radius 1 is 1.09 bits per heavy atom. The van der Waals surface area contributed by atoms with Crippen molar-refractivity contribution in [2.45, 2.75) is 92.3 Å². The zero-order valence-corrected chi connectivity index (χ0v) is 28.7. The van der Waals surface area contributed by atoms with Gasteiger partial charge >= 0.3 is 5.97 Å². The van der Waals surface area contributed by atoms with E-state index in [0.717, 1.165) is 11.1 Å². The van der Waals surface area contributed by atoms with Gasteiger partial charge in [0.15, 0.2) is 5.78 Å². The second-order valence-electron chi connectivity index (χ2n) is 12.3. The SMILES string of the molecule is CC=CC=CC(O)C(C)C=CC(=O)C(C)C(O)C(C)C1OC(=O)C(OC)=CC(C)=CC(C)C(O)C(C)CC(C)=CC=CC1OC. The fourth-order valence-electron chi connectivity index (χ4n) is 5.29. The maximum Gasteiger partial charge on any atom is 0.373 e. The lowest BCUT2D eigenvalue weighted by Gasteiger charge is -2.33. The Labute approximate surface area is 270 Å². The molecule has 8 nitrogen and oxygen atoms in total. The van der Waals surface area contributed by atoms with E-state index in [1.54, 1.807) is 57.2 Å². The largest absolute Gasteiger partial charge is 0.490 e. The molecule has 0 aliphatic carbocycles. The van der Waals surface area contributed by atoms with E-state index in [-0.39, 0.29) is 29.3 Å². The number of hydrogen-bond acceptors (Lipinski definition) is 8. The van der Waals surface area contributed by atoms with Gasteiger partial charge in [-0.05, 0) is 45.3 Å². The van der Waals surface area contributed by atoms with Gasteiger partial charge < -0.3 is 29.5 Å². The molecule has 1 rings (SSSR count). The van der Waals surface area contributed by atoms with Crippen LogP contribution in [0.1, 0.15) is 61.8 Å². The summed E-state index contributed by atoms with van der Waals surface area (Å²) in [4.78, 5) is 26.5. The van der Waals surface area contributed by atoms with E-state index in [1.807, 2.05) is 58.9 Å². The van der Waals surface area contributed by atoms with Crippen LogP contribution in [-0.4, -0.2) is 71.8 Å². The molecule has 0 bridgehead atoms. The fraction of sp³-hybridized carbons (Fsp3) is 0.568. The summed E-state index contributed by atoms with van der Waals surface area (Å²) < 4.78 is 17.1. The second-order valence-corrected chi connectivity index (χ2v) is 12.3. The van der Waals surface area contributed by atoms with Gasteiger partial charge in [-0.3, -0.25) is 4.79 Å². The molecule has 0 radical (unpaired) electrons. The van der Waals surface area contributed by atoms with Gasteiger partial charge in [-0.15, -0.1) is 0 Å². The summed E-state index contributed by atoms with van der Waals surface area (Å²) >= 11 is 0. The summed E-state index contributed by atoms with van der Waals surface area (Å²) in [6, 6.07) is 0. The highest BCUT2D eigenvalue weighted by Crippen LogP contribution is 2.27. The summed E-state index contributed by atoms with van der Waals surface area (Å²) in [5, 5.41) is 32.6. The number of cyclic esters (lactones) is 1. The van der Waals surface area contributed by atoms with Crippen LogP contribution in [0.15, 0.2) is 83.7 Å². The molecule has 0 aromatic carbocycles. The van der Waals surface area contributed by atoms with E-state index < -0.39 is 48.3 Å². The number of carbonyl (C=O) groups is 2. The molecule has 8 heteroatoms. The number of rotatable bonds is 11. The van der Waals surface area contributed by atoms with Gasteiger partial charge in [-0.2, -0.15) is 0 Å². The van der Waals surface area contributed by atoms with Crippen LogP contribution in [0.5, 0.6) is 0 Å². The Bertz CT molecular complexity index is 1160. The van der Waals surface area contributed by atoms with Gasteiger partial charge in [0.2, 0.25) is 5.76 Å². The number of ether oxygens (including phenoxy) is 3.